The van der Waals surface area contributed by atoms with Crippen molar-refractivity contribution in [1.29, 1.82) is 0 Å². The number of aromatic nitrogens is 2. The molecule has 0 unspecified atom stereocenters. The van der Waals surface area contributed by atoms with Gasteiger partial charge < -0.3 is 4.52 Å². The fourth-order valence-corrected chi connectivity index (χ4v) is 3.56. The smallest absolute Gasteiger partial charge is 0.334 e. The third kappa shape index (κ3) is 3.08. The number of halogens is 4. The Hall–Kier alpha value is -3.74. The molecule has 0 aliphatic carbocycles. The van der Waals surface area contributed by atoms with Crippen molar-refractivity contribution in [3.63, 3.8) is 0 Å². The monoisotopic (exact) mass is 408 g/mol. The third-order valence-electron chi connectivity index (χ3n) is 4.91. The van der Waals surface area contributed by atoms with Gasteiger partial charge in [-0.2, -0.15) is 18.2 Å². The topological polar surface area (TPSA) is 38.9 Å². The predicted molar refractivity (Wildman–Crippen MR) is 105 cm³/mol. The second kappa shape index (κ2) is 6.66. The Morgan fingerprint density at radius 1 is 0.767 bits per heavy atom. The first-order chi connectivity index (χ1) is 14.4. The average molecular weight is 408 g/mol. The molecule has 30 heavy (non-hydrogen) atoms. The Morgan fingerprint density at radius 2 is 1.47 bits per heavy atom. The molecule has 1 heterocycles. The maximum absolute atomic E-state index is 13.8. The first kappa shape index (κ1) is 18.3. The third-order valence-corrected chi connectivity index (χ3v) is 4.91. The molecule has 0 fully saturated rings. The molecule has 0 saturated heterocycles. The van der Waals surface area contributed by atoms with E-state index in [9.17, 15) is 17.6 Å². The zero-order valence-corrected chi connectivity index (χ0v) is 15.2. The van der Waals surface area contributed by atoms with Crippen LogP contribution in [0.1, 0.15) is 5.56 Å². The summed E-state index contributed by atoms with van der Waals surface area (Å²) in [4.78, 5) is 4.26. The van der Waals surface area contributed by atoms with Gasteiger partial charge in [-0.25, -0.2) is 4.39 Å². The van der Waals surface area contributed by atoms with E-state index in [2.05, 4.69) is 10.1 Å². The highest BCUT2D eigenvalue weighted by atomic mass is 19.4. The number of hydrogen-bond donors (Lipinski definition) is 0. The van der Waals surface area contributed by atoms with E-state index in [4.69, 9.17) is 4.52 Å². The molecule has 0 spiro atoms. The van der Waals surface area contributed by atoms with Gasteiger partial charge in [-0.05, 0) is 45.8 Å². The van der Waals surface area contributed by atoms with Gasteiger partial charge in [-0.1, -0.05) is 53.7 Å². The van der Waals surface area contributed by atoms with Gasteiger partial charge in [0.2, 0.25) is 5.82 Å². The lowest BCUT2D eigenvalue weighted by molar-refractivity contribution is -0.137. The molecule has 0 radical (unpaired) electrons. The van der Waals surface area contributed by atoms with Crippen LogP contribution in [-0.2, 0) is 6.18 Å². The summed E-state index contributed by atoms with van der Waals surface area (Å²) in [5.41, 5.74) is -0.571. The first-order valence-corrected chi connectivity index (χ1v) is 9.03. The summed E-state index contributed by atoms with van der Waals surface area (Å²) in [6.45, 7) is 0. The predicted octanol–water partition coefficient (Wildman–Crippen LogP) is 6.87. The highest BCUT2D eigenvalue weighted by Gasteiger charge is 2.32. The average Bonchev–Trinajstić information content (AvgIpc) is 3.22. The van der Waals surface area contributed by atoms with Crippen molar-refractivity contribution >= 4 is 21.5 Å². The number of alkyl halides is 3. The van der Waals surface area contributed by atoms with Gasteiger partial charge in [0.25, 0.3) is 5.89 Å². The molecule has 148 valence electrons. The van der Waals surface area contributed by atoms with Crippen LogP contribution in [0.2, 0.25) is 0 Å². The van der Waals surface area contributed by atoms with E-state index in [0.29, 0.717) is 11.6 Å². The fraction of sp³-hybridized carbons (Fsp3) is 0.0435. The highest BCUT2D eigenvalue weighted by Crippen LogP contribution is 2.36. The largest absolute Gasteiger partial charge is 0.416 e. The lowest BCUT2D eigenvalue weighted by Gasteiger charge is -2.08. The van der Waals surface area contributed by atoms with E-state index >= 15 is 0 Å². The van der Waals surface area contributed by atoms with Gasteiger partial charge in [-0.15, -0.1) is 0 Å². The maximum atomic E-state index is 13.8. The number of rotatable bonds is 2. The summed E-state index contributed by atoms with van der Waals surface area (Å²) < 4.78 is 58.2. The second-order valence-electron chi connectivity index (χ2n) is 6.84. The van der Waals surface area contributed by atoms with Crippen molar-refractivity contribution in [2.75, 3.05) is 0 Å². The fourth-order valence-electron chi connectivity index (χ4n) is 3.56. The Kier molecular flexibility index (Phi) is 4.06. The van der Waals surface area contributed by atoms with Crippen molar-refractivity contribution in [1.82, 2.24) is 10.1 Å². The Bertz CT molecular complexity index is 1410. The standard InChI is InChI=1S/C23H12F4N2O/c24-16-10-14(9-15(12-16)23(25,26)27)21-28-22(30-29-21)20-11-13-5-1-2-6-17(13)18-7-3-4-8-19(18)20/h1-12H. The molecule has 1 aromatic heterocycles. The number of benzene rings is 4. The van der Waals surface area contributed by atoms with Crippen LogP contribution in [-0.4, -0.2) is 10.1 Å². The molecule has 3 nitrogen and oxygen atoms in total. The van der Waals surface area contributed by atoms with Gasteiger partial charge >= 0.3 is 6.18 Å². The molecule has 0 bridgehead atoms. The van der Waals surface area contributed by atoms with E-state index in [1.54, 1.807) is 0 Å². The second-order valence-corrected chi connectivity index (χ2v) is 6.84. The molecule has 5 aromatic rings. The van der Waals surface area contributed by atoms with E-state index in [-0.39, 0.29) is 17.3 Å². The highest BCUT2D eigenvalue weighted by molar-refractivity contribution is 6.13. The maximum Gasteiger partial charge on any atom is 0.416 e. The number of nitrogens with zero attached hydrogens (tertiary/aromatic N) is 2. The molecule has 0 aliphatic rings. The van der Waals surface area contributed by atoms with E-state index in [1.807, 2.05) is 54.6 Å². The SMILES string of the molecule is Fc1cc(-c2noc(-c3cc4ccccc4c4ccccc34)n2)cc(C(F)(F)F)c1. The normalized spacial score (nSPS) is 12.0. The molecule has 0 N–H and O–H groups in total. The Labute approximate surface area is 167 Å². The molecule has 0 amide bonds. The lowest BCUT2D eigenvalue weighted by atomic mass is 9.97. The molecular formula is C23H12F4N2O. The molecule has 4 aromatic carbocycles. The minimum absolute atomic E-state index is 0.109. The summed E-state index contributed by atoms with van der Waals surface area (Å²) in [5, 5.41) is 7.65. The van der Waals surface area contributed by atoms with Crippen LogP contribution in [0.5, 0.6) is 0 Å². The van der Waals surface area contributed by atoms with Crippen LogP contribution >= 0.6 is 0 Å². The van der Waals surface area contributed by atoms with Crippen LogP contribution in [0, 0.1) is 5.82 Å². The summed E-state index contributed by atoms with van der Waals surface area (Å²) in [5.74, 6) is -1.00. The first-order valence-electron chi connectivity index (χ1n) is 9.03. The quantitative estimate of drug-likeness (QED) is 0.236. The van der Waals surface area contributed by atoms with Crippen LogP contribution in [0.15, 0.2) is 77.3 Å². The summed E-state index contributed by atoms with van der Waals surface area (Å²) >= 11 is 0. The van der Waals surface area contributed by atoms with E-state index in [0.717, 1.165) is 33.7 Å². The minimum Gasteiger partial charge on any atom is -0.334 e. The van der Waals surface area contributed by atoms with Gasteiger partial charge in [0.15, 0.2) is 0 Å². The van der Waals surface area contributed by atoms with Crippen LogP contribution in [0.3, 0.4) is 0 Å². The number of fused-ring (bicyclic) bond motifs is 3. The molecule has 5 rings (SSSR count). The Balaban J connectivity index is 1.68. The minimum atomic E-state index is -4.68. The molecule has 0 saturated carbocycles. The zero-order valence-electron chi connectivity index (χ0n) is 15.2. The van der Waals surface area contributed by atoms with Gasteiger partial charge in [0, 0.05) is 11.1 Å². The molecular weight excluding hydrogens is 396 g/mol. The van der Waals surface area contributed by atoms with Crippen molar-refractivity contribution in [2.45, 2.75) is 6.18 Å². The van der Waals surface area contributed by atoms with Crippen molar-refractivity contribution < 1.29 is 22.1 Å². The van der Waals surface area contributed by atoms with Crippen molar-refractivity contribution in [2.24, 2.45) is 0 Å². The van der Waals surface area contributed by atoms with Crippen molar-refractivity contribution in [3.8, 4) is 22.8 Å². The van der Waals surface area contributed by atoms with E-state index in [1.165, 1.54) is 0 Å². The van der Waals surface area contributed by atoms with Crippen LogP contribution < -0.4 is 0 Å². The van der Waals surface area contributed by atoms with Crippen LogP contribution in [0.4, 0.5) is 17.6 Å². The zero-order chi connectivity index (χ0) is 20.9. The molecule has 7 heteroatoms. The summed E-state index contributed by atoms with van der Waals surface area (Å²) in [7, 11) is 0. The lowest BCUT2D eigenvalue weighted by Crippen LogP contribution is -2.05. The number of hydrogen-bond acceptors (Lipinski definition) is 3. The Morgan fingerprint density at radius 3 is 2.23 bits per heavy atom. The van der Waals surface area contributed by atoms with E-state index < -0.39 is 17.6 Å². The molecule has 0 atom stereocenters. The molecule has 0 aliphatic heterocycles. The van der Waals surface area contributed by atoms with Gasteiger partial charge in [-0.3, -0.25) is 0 Å². The van der Waals surface area contributed by atoms with Gasteiger partial charge in [0.05, 0.1) is 5.56 Å². The van der Waals surface area contributed by atoms with Crippen molar-refractivity contribution in [3.05, 3.63) is 84.2 Å². The summed E-state index contributed by atoms with van der Waals surface area (Å²) in [6, 6.07) is 19.6. The van der Waals surface area contributed by atoms with Crippen LogP contribution in [0.25, 0.3) is 44.4 Å². The summed E-state index contributed by atoms with van der Waals surface area (Å²) in [6.07, 6.45) is -4.68. The van der Waals surface area contributed by atoms with Gasteiger partial charge in [0.1, 0.15) is 5.82 Å².